The summed E-state index contributed by atoms with van der Waals surface area (Å²) in [6.45, 7) is 6.29. The van der Waals surface area contributed by atoms with Gasteiger partial charge in [0, 0.05) is 17.8 Å². The van der Waals surface area contributed by atoms with Gasteiger partial charge in [-0.1, -0.05) is 20.8 Å². The summed E-state index contributed by atoms with van der Waals surface area (Å²) in [6.07, 6.45) is 5.01. The molecule has 0 amide bonds. The lowest BCUT2D eigenvalue weighted by Crippen LogP contribution is -2.14. The van der Waals surface area contributed by atoms with Crippen molar-refractivity contribution in [3.05, 3.63) is 24.3 Å². The normalized spacial score (nSPS) is 11.9. The van der Waals surface area contributed by atoms with Crippen LogP contribution in [0.1, 0.15) is 26.5 Å². The fourth-order valence-electron chi connectivity index (χ4n) is 1.12. The van der Waals surface area contributed by atoms with Gasteiger partial charge in [-0.15, -0.1) is 0 Å². The van der Waals surface area contributed by atoms with Crippen LogP contribution in [0.4, 0.5) is 0 Å². The Kier molecular flexibility index (Phi) is 1.91. The lowest BCUT2D eigenvalue weighted by Gasteiger charge is -2.16. The van der Waals surface area contributed by atoms with E-state index in [1.165, 1.54) is 0 Å². The van der Waals surface area contributed by atoms with E-state index in [4.69, 9.17) is 0 Å². The van der Waals surface area contributed by atoms with Gasteiger partial charge in [-0.3, -0.25) is 0 Å². The van der Waals surface area contributed by atoms with E-state index in [0.29, 0.717) is 11.3 Å². The summed E-state index contributed by atoms with van der Waals surface area (Å²) in [5.41, 5.74) is 2.14. The summed E-state index contributed by atoms with van der Waals surface area (Å²) in [6, 6.07) is 0. The summed E-state index contributed by atoms with van der Waals surface area (Å²) >= 11 is 0. The Morgan fingerprint density at radius 2 is 1.57 bits per heavy atom. The molecule has 0 aliphatic rings. The van der Waals surface area contributed by atoms with Crippen LogP contribution in [-0.2, 0) is 5.41 Å². The average molecular weight is 188 g/mol. The number of hydrogen-bond acceptors (Lipinski definition) is 4. The molecule has 4 nitrogen and oxygen atoms in total. The molecule has 0 atom stereocenters. The predicted octanol–water partition coefficient (Wildman–Crippen LogP) is 1.72. The minimum absolute atomic E-state index is 0.00128. The van der Waals surface area contributed by atoms with Gasteiger partial charge in [-0.25, -0.2) is 19.9 Å². The standard InChI is InChI=1S/C10H12N4/c1-10(2,3)7-6-13-8-9(14-7)12-5-4-11-8/h4-6H,1-3H3. The van der Waals surface area contributed by atoms with Crippen LogP contribution in [-0.4, -0.2) is 19.9 Å². The molecule has 14 heavy (non-hydrogen) atoms. The molecule has 0 unspecified atom stereocenters. The van der Waals surface area contributed by atoms with Gasteiger partial charge in [0.2, 0.25) is 0 Å². The summed E-state index contributed by atoms with van der Waals surface area (Å²) in [7, 11) is 0. The summed E-state index contributed by atoms with van der Waals surface area (Å²) in [5, 5.41) is 0. The van der Waals surface area contributed by atoms with E-state index in [0.717, 1.165) is 5.69 Å². The molecule has 2 aromatic rings. The smallest absolute Gasteiger partial charge is 0.198 e. The van der Waals surface area contributed by atoms with E-state index in [-0.39, 0.29) is 5.41 Å². The highest BCUT2D eigenvalue weighted by Crippen LogP contribution is 2.19. The van der Waals surface area contributed by atoms with Gasteiger partial charge in [-0.05, 0) is 0 Å². The molecule has 2 heterocycles. The fourth-order valence-corrected chi connectivity index (χ4v) is 1.12. The van der Waals surface area contributed by atoms with E-state index < -0.39 is 0 Å². The van der Waals surface area contributed by atoms with Gasteiger partial charge in [0.05, 0.1) is 11.9 Å². The molecule has 0 aromatic carbocycles. The zero-order chi connectivity index (χ0) is 10.2. The first-order valence-electron chi connectivity index (χ1n) is 4.51. The number of rotatable bonds is 0. The molecule has 0 saturated heterocycles. The van der Waals surface area contributed by atoms with Gasteiger partial charge in [0.1, 0.15) is 0 Å². The third-order valence-electron chi connectivity index (χ3n) is 1.96. The molecule has 0 N–H and O–H groups in total. The van der Waals surface area contributed by atoms with Crippen molar-refractivity contribution >= 4 is 11.3 Å². The summed E-state index contributed by atoms with van der Waals surface area (Å²) in [4.78, 5) is 16.8. The van der Waals surface area contributed by atoms with Crippen molar-refractivity contribution in [3.63, 3.8) is 0 Å². The van der Waals surface area contributed by atoms with Gasteiger partial charge >= 0.3 is 0 Å². The van der Waals surface area contributed by atoms with Gasteiger partial charge in [0.25, 0.3) is 0 Å². The van der Waals surface area contributed by atoms with Gasteiger partial charge in [0.15, 0.2) is 11.3 Å². The van der Waals surface area contributed by atoms with Crippen LogP contribution >= 0.6 is 0 Å². The second-order valence-corrected chi connectivity index (χ2v) is 4.21. The first-order valence-corrected chi connectivity index (χ1v) is 4.51. The van der Waals surface area contributed by atoms with Crippen LogP contribution in [0.15, 0.2) is 18.6 Å². The Morgan fingerprint density at radius 3 is 2.21 bits per heavy atom. The molecule has 0 aliphatic heterocycles. The van der Waals surface area contributed by atoms with Crippen molar-refractivity contribution in [3.8, 4) is 0 Å². The van der Waals surface area contributed by atoms with Gasteiger partial charge < -0.3 is 0 Å². The monoisotopic (exact) mass is 188 g/mol. The van der Waals surface area contributed by atoms with Crippen molar-refractivity contribution in [1.29, 1.82) is 0 Å². The molecular formula is C10H12N4. The number of fused-ring (bicyclic) bond motifs is 1. The zero-order valence-corrected chi connectivity index (χ0v) is 8.52. The Balaban J connectivity index is 2.63. The minimum atomic E-state index is -0.00128. The molecule has 2 rings (SSSR count). The second kappa shape index (κ2) is 2.97. The zero-order valence-electron chi connectivity index (χ0n) is 8.52. The van der Waals surface area contributed by atoms with Crippen molar-refractivity contribution in [1.82, 2.24) is 19.9 Å². The molecule has 0 fully saturated rings. The molecule has 0 bridgehead atoms. The molecule has 0 saturated carbocycles. The number of hydrogen-bond donors (Lipinski definition) is 0. The van der Waals surface area contributed by atoms with Gasteiger partial charge in [-0.2, -0.15) is 0 Å². The van der Waals surface area contributed by atoms with Crippen LogP contribution in [0.5, 0.6) is 0 Å². The minimum Gasteiger partial charge on any atom is -0.232 e. The number of aromatic nitrogens is 4. The van der Waals surface area contributed by atoms with Crippen LogP contribution in [0.3, 0.4) is 0 Å². The maximum atomic E-state index is 4.41. The third-order valence-corrected chi connectivity index (χ3v) is 1.96. The van der Waals surface area contributed by atoms with Crippen molar-refractivity contribution in [2.45, 2.75) is 26.2 Å². The Bertz CT molecular complexity index is 459. The molecule has 72 valence electrons. The largest absolute Gasteiger partial charge is 0.232 e. The van der Waals surface area contributed by atoms with E-state index in [2.05, 4.69) is 40.7 Å². The molecule has 0 radical (unpaired) electrons. The molecule has 0 aliphatic carbocycles. The molecule has 0 spiro atoms. The van der Waals surface area contributed by atoms with E-state index in [1.807, 2.05) is 0 Å². The quantitative estimate of drug-likeness (QED) is 0.631. The SMILES string of the molecule is CC(C)(C)c1cnc2nccnc2n1. The lowest BCUT2D eigenvalue weighted by atomic mass is 9.93. The molecule has 4 heteroatoms. The Morgan fingerprint density at radius 1 is 0.929 bits per heavy atom. The average Bonchev–Trinajstić information content (AvgIpc) is 2.16. The summed E-state index contributed by atoms with van der Waals surface area (Å²) < 4.78 is 0. The van der Waals surface area contributed by atoms with E-state index >= 15 is 0 Å². The maximum absolute atomic E-state index is 4.41. The lowest BCUT2D eigenvalue weighted by molar-refractivity contribution is 0.568. The Labute approximate surface area is 82.5 Å². The highest BCUT2D eigenvalue weighted by Gasteiger charge is 2.16. The topological polar surface area (TPSA) is 51.6 Å². The van der Waals surface area contributed by atoms with Crippen LogP contribution < -0.4 is 0 Å². The third kappa shape index (κ3) is 1.55. The van der Waals surface area contributed by atoms with Crippen molar-refractivity contribution < 1.29 is 0 Å². The van der Waals surface area contributed by atoms with Crippen molar-refractivity contribution in [2.24, 2.45) is 0 Å². The van der Waals surface area contributed by atoms with Crippen molar-refractivity contribution in [2.75, 3.05) is 0 Å². The number of nitrogens with zero attached hydrogens (tertiary/aromatic N) is 4. The summed E-state index contributed by atoms with van der Waals surface area (Å²) in [5.74, 6) is 0. The Hall–Kier alpha value is -1.58. The highest BCUT2D eigenvalue weighted by atomic mass is 15.0. The van der Waals surface area contributed by atoms with Crippen LogP contribution in [0.2, 0.25) is 0 Å². The fraction of sp³-hybridized carbons (Fsp3) is 0.400. The highest BCUT2D eigenvalue weighted by molar-refractivity contribution is 5.63. The first-order chi connectivity index (χ1) is 6.57. The maximum Gasteiger partial charge on any atom is 0.198 e. The van der Waals surface area contributed by atoms with Crippen LogP contribution in [0.25, 0.3) is 11.3 Å². The molecular weight excluding hydrogens is 176 g/mol. The predicted molar refractivity (Wildman–Crippen MR) is 53.8 cm³/mol. The van der Waals surface area contributed by atoms with Crippen LogP contribution in [0, 0.1) is 0 Å². The second-order valence-electron chi connectivity index (χ2n) is 4.21. The first kappa shape index (κ1) is 8.99. The van der Waals surface area contributed by atoms with E-state index in [1.54, 1.807) is 18.6 Å². The molecule has 2 aromatic heterocycles. The van der Waals surface area contributed by atoms with E-state index in [9.17, 15) is 0 Å².